The predicted octanol–water partition coefficient (Wildman–Crippen LogP) is 4.96. The van der Waals surface area contributed by atoms with E-state index in [4.69, 9.17) is 16.4 Å². The molecule has 0 N–H and O–H groups in total. The van der Waals surface area contributed by atoms with Gasteiger partial charge in [0.05, 0.1) is 12.5 Å². The molecule has 2 aromatic rings. The SMILES string of the molecule is CC.CC.COC=O.Cc1cn(C2CCC2)c2ncnc(Cl)c12. The van der Waals surface area contributed by atoms with Crippen LogP contribution < -0.4 is 0 Å². The van der Waals surface area contributed by atoms with Crippen molar-refractivity contribution in [2.24, 2.45) is 0 Å². The van der Waals surface area contributed by atoms with E-state index < -0.39 is 0 Å². The monoisotopic (exact) mass is 341 g/mol. The summed E-state index contributed by atoms with van der Waals surface area (Å²) >= 11 is 6.08. The molecule has 5 nitrogen and oxygen atoms in total. The van der Waals surface area contributed by atoms with E-state index in [1.54, 1.807) is 6.33 Å². The van der Waals surface area contributed by atoms with Crippen LogP contribution in [0.5, 0.6) is 0 Å². The molecule has 0 aliphatic heterocycles. The van der Waals surface area contributed by atoms with Gasteiger partial charge in [0.25, 0.3) is 6.47 Å². The Morgan fingerprint density at radius 1 is 1.26 bits per heavy atom. The first-order valence-electron chi connectivity index (χ1n) is 8.13. The molecule has 3 rings (SSSR count). The highest BCUT2D eigenvalue weighted by molar-refractivity contribution is 6.34. The molecule has 6 heteroatoms. The average molecular weight is 342 g/mol. The molecule has 0 amide bonds. The van der Waals surface area contributed by atoms with Crippen LogP contribution in [0.1, 0.15) is 58.6 Å². The van der Waals surface area contributed by atoms with Gasteiger partial charge in [-0.2, -0.15) is 0 Å². The molecule has 2 heterocycles. The smallest absolute Gasteiger partial charge is 0.292 e. The molecular formula is C17H28ClN3O2. The molecule has 0 atom stereocenters. The lowest BCUT2D eigenvalue weighted by molar-refractivity contribution is -0.126. The Morgan fingerprint density at radius 3 is 2.26 bits per heavy atom. The number of halogens is 1. The summed E-state index contributed by atoms with van der Waals surface area (Å²) < 4.78 is 6.11. The number of hydrogen-bond donors (Lipinski definition) is 0. The van der Waals surface area contributed by atoms with Crippen LogP contribution in [0.2, 0.25) is 5.15 Å². The molecule has 0 aromatic carbocycles. The highest BCUT2D eigenvalue weighted by Crippen LogP contribution is 2.36. The first kappa shape index (κ1) is 21.4. The number of ether oxygens (including phenoxy) is 1. The molecule has 130 valence electrons. The third kappa shape index (κ3) is 5.50. The van der Waals surface area contributed by atoms with Gasteiger partial charge < -0.3 is 9.30 Å². The highest BCUT2D eigenvalue weighted by atomic mass is 35.5. The Morgan fingerprint density at radius 2 is 1.83 bits per heavy atom. The molecule has 23 heavy (non-hydrogen) atoms. The number of carbonyl (C=O) groups excluding carboxylic acids is 1. The van der Waals surface area contributed by atoms with Crippen LogP contribution in [0.3, 0.4) is 0 Å². The number of rotatable bonds is 2. The van der Waals surface area contributed by atoms with Crippen LogP contribution in [0.4, 0.5) is 0 Å². The van der Waals surface area contributed by atoms with Gasteiger partial charge in [-0.15, -0.1) is 0 Å². The third-order valence-corrected chi connectivity index (χ3v) is 3.60. The first-order valence-corrected chi connectivity index (χ1v) is 8.51. The van der Waals surface area contributed by atoms with Crippen molar-refractivity contribution in [3.8, 4) is 0 Å². The Hall–Kier alpha value is -1.62. The fraction of sp³-hybridized carbons (Fsp3) is 0.588. The van der Waals surface area contributed by atoms with Gasteiger partial charge in [-0.05, 0) is 31.7 Å². The van der Waals surface area contributed by atoms with Crippen molar-refractivity contribution in [2.75, 3.05) is 7.11 Å². The Labute approximate surface area is 144 Å². The van der Waals surface area contributed by atoms with Crippen LogP contribution in [-0.4, -0.2) is 28.1 Å². The van der Waals surface area contributed by atoms with Crippen molar-refractivity contribution in [3.05, 3.63) is 23.2 Å². The van der Waals surface area contributed by atoms with Gasteiger partial charge in [-0.25, -0.2) is 9.97 Å². The zero-order chi connectivity index (χ0) is 17.8. The Bertz CT molecular complexity index is 580. The van der Waals surface area contributed by atoms with E-state index in [1.807, 2.05) is 27.7 Å². The molecule has 1 fully saturated rings. The number of methoxy groups -OCH3 is 1. The van der Waals surface area contributed by atoms with Crippen molar-refractivity contribution >= 4 is 29.1 Å². The summed E-state index contributed by atoms with van der Waals surface area (Å²) in [4.78, 5) is 17.3. The Balaban J connectivity index is 0.000000523. The number of aromatic nitrogens is 3. The summed E-state index contributed by atoms with van der Waals surface area (Å²) in [6.07, 6.45) is 7.52. The van der Waals surface area contributed by atoms with Crippen molar-refractivity contribution in [2.45, 2.75) is 59.9 Å². The van der Waals surface area contributed by atoms with Gasteiger partial charge in [0.2, 0.25) is 0 Å². The van der Waals surface area contributed by atoms with Crippen LogP contribution in [-0.2, 0) is 9.53 Å². The molecule has 1 aliphatic rings. The van der Waals surface area contributed by atoms with Gasteiger partial charge >= 0.3 is 0 Å². The van der Waals surface area contributed by atoms with Crippen molar-refractivity contribution in [1.29, 1.82) is 0 Å². The summed E-state index contributed by atoms with van der Waals surface area (Å²) in [5.41, 5.74) is 2.15. The fourth-order valence-electron chi connectivity index (χ4n) is 2.17. The normalized spacial score (nSPS) is 12.5. The molecule has 2 aromatic heterocycles. The van der Waals surface area contributed by atoms with E-state index >= 15 is 0 Å². The summed E-state index contributed by atoms with van der Waals surface area (Å²) in [6.45, 7) is 10.4. The van der Waals surface area contributed by atoms with Gasteiger partial charge in [-0.1, -0.05) is 39.3 Å². The molecule has 0 unspecified atom stereocenters. The number of fused-ring (bicyclic) bond motifs is 1. The predicted molar refractivity (Wildman–Crippen MR) is 95.9 cm³/mol. The van der Waals surface area contributed by atoms with Crippen molar-refractivity contribution in [3.63, 3.8) is 0 Å². The summed E-state index contributed by atoms with van der Waals surface area (Å²) in [7, 11) is 1.31. The van der Waals surface area contributed by atoms with Crippen LogP contribution in [0, 0.1) is 6.92 Å². The maximum Gasteiger partial charge on any atom is 0.292 e. The minimum atomic E-state index is 0.375. The second-order valence-electron chi connectivity index (χ2n) is 4.50. The van der Waals surface area contributed by atoms with E-state index in [-0.39, 0.29) is 0 Å². The largest absolute Gasteiger partial charge is 0.471 e. The topological polar surface area (TPSA) is 57.0 Å². The van der Waals surface area contributed by atoms with E-state index in [0.29, 0.717) is 17.7 Å². The lowest BCUT2D eigenvalue weighted by Crippen LogP contribution is -2.16. The lowest BCUT2D eigenvalue weighted by Gasteiger charge is -2.27. The van der Waals surface area contributed by atoms with Crippen LogP contribution >= 0.6 is 11.6 Å². The first-order chi connectivity index (χ1) is 11.2. The minimum Gasteiger partial charge on any atom is -0.471 e. The second-order valence-corrected chi connectivity index (χ2v) is 4.86. The van der Waals surface area contributed by atoms with Gasteiger partial charge in [-0.3, -0.25) is 4.79 Å². The molecule has 0 radical (unpaired) electrons. The standard InChI is InChI=1S/C11H12ClN3.C2H4O2.2C2H6/c1-7-5-15(8-3-2-4-8)11-9(7)10(12)13-6-14-11;1-4-2-3;2*1-2/h5-6,8H,2-4H2,1H3;2H,1H3;2*1-2H3. The van der Waals surface area contributed by atoms with Crippen molar-refractivity contribution in [1.82, 2.24) is 14.5 Å². The average Bonchev–Trinajstić information content (AvgIpc) is 2.88. The van der Waals surface area contributed by atoms with E-state index in [1.165, 1.54) is 31.9 Å². The second kappa shape index (κ2) is 11.9. The third-order valence-electron chi connectivity index (χ3n) is 3.32. The molecular weight excluding hydrogens is 314 g/mol. The summed E-state index contributed by atoms with van der Waals surface area (Å²) in [5.74, 6) is 0. The minimum absolute atomic E-state index is 0.375. The van der Waals surface area contributed by atoms with Crippen molar-refractivity contribution < 1.29 is 9.53 Å². The lowest BCUT2D eigenvalue weighted by atomic mass is 9.93. The van der Waals surface area contributed by atoms with Crippen LogP contribution in [0.15, 0.2) is 12.5 Å². The summed E-state index contributed by atoms with van der Waals surface area (Å²) in [5, 5.41) is 1.57. The molecule has 1 saturated carbocycles. The fourth-order valence-corrected chi connectivity index (χ4v) is 2.45. The number of aryl methyl sites for hydroxylation is 1. The Kier molecular flexibility index (Phi) is 11.0. The quantitative estimate of drug-likeness (QED) is 0.572. The number of carbonyl (C=O) groups is 1. The molecule has 0 saturated heterocycles. The highest BCUT2D eigenvalue weighted by Gasteiger charge is 2.22. The summed E-state index contributed by atoms with van der Waals surface area (Å²) in [6, 6.07) is 0.618. The molecule has 0 spiro atoms. The zero-order valence-electron chi connectivity index (χ0n) is 15.0. The van der Waals surface area contributed by atoms with Crippen LogP contribution in [0.25, 0.3) is 11.0 Å². The van der Waals surface area contributed by atoms with E-state index in [2.05, 4.69) is 32.4 Å². The van der Waals surface area contributed by atoms with E-state index in [0.717, 1.165) is 11.0 Å². The number of hydrogen-bond acceptors (Lipinski definition) is 4. The molecule has 1 aliphatic carbocycles. The maximum atomic E-state index is 8.95. The van der Waals surface area contributed by atoms with E-state index in [9.17, 15) is 0 Å². The number of nitrogens with zero attached hydrogens (tertiary/aromatic N) is 3. The van der Waals surface area contributed by atoms with Gasteiger partial charge in [0.15, 0.2) is 0 Å². The molecule has 0 bridgehead atoms. The zero-order valence-corrected chi connectivity index (χ0v) is 15.7. The van der Waals surface area contributed by atoms with Gasteiger partial charge in [0, 0.05) is 12.2 Å². The maximum absolute atomic E-state index is 8.95. The van der Waals surface area contributed by atoms with Gasteiger partial charge in [0.1, 0.15) is 17.1 Å².